The molecule has 2 aromatic carbocycles. The summed E-state index contributed by atoms with van der Waals surface area (Å²) in [4.78, 5) is 42.1. The molecule has 0 saturated carbocycles. The van der Waals surface area contributed by atoms with Crippen molar-refractivity contribution < 1.29 is 24.1 Å². The van der Waals surface area contributed by atoms with Crippen molar-refractivity contribution in [1.82, 2.24) is 9.80 Å². The smallest absolute Gasteiger partial charge is 0.337 e. The summed E-state index contributed by atoms with van der Waals surface area (Å²) in [5.41, 5.74) is 7.10. The molecule has 2 saturated heterocycles. The van der Waals surface area contributed by atoms with Crippen molar-refractivity contribution in [3.63, 3.8) is 0 Å². The van der Waals surface area contributed by atoms with Crippen LogP contribution < -0.4 is 5.73 Å². The fourth-order valence-corrected chi connectivity index (χ4v) is 9.40. The van der Waals surface area contributed by atoms with Crippen molar-refractivity contribution in [2.24, 2.45) is 5.73 Å². The lowest BCUT2D eigenvalue weighted by molar-refractivity contribution is -0.154. The molecule has 2 heterocycles. The fraction of sp³-hybridized carbons (Fsp3) is 0.423. The molecule has 2 amide bonds. The minimum atomic E-state index is -3.62. The van der Waals surface area contributed by atoms with E-state index in [1.807, 2.05) is 60.7 Å². The normalized spacial score (nSPS) is 22.4. The summed E-state index contributed by atoms with van der Waals surface area (Å²) < 4.78 is 15.0. The quantitative estimate of drug-likeness (QED) is 0.541. The number of hydrogen-bond acceptors (Lipinski definition) is 5. The standard InChI is InChI=1S/C26H32N3O5P/c27-17-23(30)28-15-7-13-22(28)24(31)29-16-8-14-26(29,25(32)33)35(34,18-20-9-3-1-4-10-20)19-21-11-5-2-6-12-21/h1-6,9-12,22H,7-8,13-19,27H2,(H,32,33)/t22-,26+/m0/s1. The first-order chi connectivity index (χ1) is 16.8. The third-order valence-electron chi connectivity index (χ3n) is 7.23. The second-order valence-corrected chi connectivity index (χ2v) is 12.5. The Bertz CT molecular complexity index is 1080. The number of carboxylic acid groups (broad SMARTS) is 1. The number of nitrogens with zero attached hydrogens (tertiary/aromatic N) is 2. The maximum absolute atomic E-state index is 15.0. The molecule has 4 rings (SSSR count). The van der Waals surface area contributed by atoms with E-state index in [-0.39, 0.29) is 37.7 Å². The van der Waals surface area contributed by atoms with Gasteiger partial charge in [-0.2, -0.15) is 0 Å². The molecule has 3 N–H and O–H groups in total. The van der Waals surface area contributed by atoms with E-state index in [1.165, 1.54) is 9.80 Å². The van der Waals surface area contributed by atoms with Crippen LogP contribution in [-0.4, -0.2) is 63.6 Å². The summed E-state index contributed by atoms with van der Waals surface area (Å²) >= 11 is 0. The number of amides is 2. The van der Waals surface area contributed by atoms with Gasteiger partial charge < -0.3 is 25.2 Å². The predicted octanol–water partition coefficient (Wildman–Crippen LogP) is 3.10. The zero-order valence-corrected chi connectivity index (χ0v) is 20.6. The summed E-state index contributed by atoms with van der Waals surface area (Å²) in [7, 11) is -3.62. The minimum absolute atomic E-state index is 0.0644. The van der Waals surface area contributed by atoms with E-state index in [4.69, 9.17) is 5.73 Å². The molecule has 0 spiro atoms. The molecular weight excluding hydrogens is 465 g/mol. The Balaban J connectivity index is 1.78. The molecular formula is C26H32N3O5P. The Labute approximate surface area is 205 Å². The van der Waals surface area contributed by atoms with Gasteiger partial charge in [-0.1, -0.05) is 60.7 Å². The fourth-order valence-electron chi connectivity index (χ4n) is 5.61. The lowest BCUT2D eigenvalue weighted by atomic mass is 10.1. The van der Waals surface area contributed by atoms with Crippen LogP contribution in [0.4, 0.5) is 0 Å². The molecule has 2 fully saturated rings. The first-order valence-corrected chi connectivity index (χ1v) is 14.1. The predicted molar refractivity (Wildman–Crippen MR) is 133 cm³/mol. The van der Waals surface area contributed by atoms with Crippen LogP contribution in [0.2, 0.25) is 0 Å². The van der Waals surface area contributed by atoms with Crippen molar-refractivity contribution in [1.29, 1.82) is 0 Å². The molecule has 9 heteroatoms. The SMILES string of the molecule is NCC(=O)N1CCC[C@H]1C(=O)N1CCC[C@]1(C(=O)O)P(=O)(Cc1ccccc1)Cc1ccccc1. The molecule has 2 aromatic rings. The largest absolute Gasteiger partial charge is 0.479 e. The first kappa shape index (κ1) is 25.1. The molecule has 0 aliphatic carbocycles. The molecule has 0 bridgehead atoms. The van der Waals surface area contributed by atoms with Crippen LogP contribution in [0.3, 0.4) is 0 Å². The second kappa shape index (κ2) is 10.3. The lowest BCUT2D eigenvalue weighted by Crippen LogP contribution is -2.58. The van der Waals surface area contributed by atoms with Gasteiger partial charge in [0.25, 0.3) is 0 Å². The highest BCUT2D eigenvalue weighted by atomic mass is 31.2. The molecule has 8 nitrogen and oxygen atoms in total. The number of likely N-dealkylation sites (tertiary alicyclic amines) is 2. The van der Waals surface area contributed by atoms with Gasteiger partial charge in [-0.15, -0.1) is 0 Å². The highest BCUT2D eigenvalue weighted by molar-refractivity contribution is 7.65. The molecule has 35 heavy (non-hydrogen) atoms. The number of benzene rings is 2. The topological polar surface area (TPSA) is 121 Å². The maximum atomic E-state index is 15.0. The van der Waals surface area contributed by atoms with Gasteiger partial charge >= 0.3 is 5.97 Å². The zero-order valence-electron chi connectivity index (χ0n) is 19.7. The molecule has 186 valence electrons. The van der Waals surface area contributed by atoms with E-state index in [0.717, 1.165) is 11.1 Å². The van der Waals surface area contributed by atoms with Gasteiger partial charge in [-0.25, -0.2) is 4.79 Å². The average Bonchev–Trinajstić information content (AvgIpc) is 3.53. The van der Waals surface area contributed by atoms with Crippen LogP contribution in [-0.2, 0) is 31.3 Å². The van der Waals surface area contributed by atoms with Crippen molar-refractivity contribution in [3.05, 3.63) is 71.8 Å². The van der Waals surface area contributed by atoms with Gasteiger partial charge in [0.15, 0.2) is 5.28 Å². The van der Waals surface area contributed by atoms with E-state index in [1.54, 1.807) is 0 Å². The summed E-state index contributed by atoms with van der Waals surface area (Å²) in [6.07, 6.45) is 1.76. The third-order valence-corrected chi connectivity index (χ3v) is 11.0. The molecule has 2 aliphatic rings. The van der Waals surface area contributed by atoms with E-state index in [9.17, 15) is 19.5 Å². The van der Waals surface area contributed by atoms with Crippen LogP contribution in [0.5, 0.6) is 0 Å². The van der Waals surface area contributed by atoms with E-state index in [0.29, 0.717) is 25.8 Å². The van der Waals surface area contributed by atoms with Gasteiger partial charge in [0.05, 0.1) is 6.54 Å². The number of aliphatic carboxylic acids is 1. The minimum Gasteiger partial charge on any atom is -0.479 e. The van der Waals surface area contributed by atoms with Gasteiger partial charge in [0, 0.05) is 25.4 Å². The Hall–Kier alpha value is -2.96. The maximum Gasteiger partial charge on any atom is 0.337 e. The van der Waals surface area contributed by atoms with Crippen LogP contribution in [0, 0.1) is 0 Å². The number of carbonyl (C=O) groups is 3. The molecule has 2 aliphatic heterocycles. The van der Waals surface area contributed by atoms with Crippen molar-refractivity contribution in [3.8, 4) is 0 Å². The van der Waals surface area contributed by atoms with Gasteiger partial charge in [-0.3, -0.25) is 9.59 Å². The molecule has 2 atom stereocenters. The van der Waals surface area contributed by atoms with E-state index in [2.05, 4.69) is 0 Å². The zero-order chi connectivity index (χ0) is 25.1. The van der Waals surface area contributed by atoms with Crippen LogP contribution in [0.25, 0.3) is 0 Å². The number of hydrogen-bond donors (Lipinski definition) is 2. The highest BCUT2D eigenvalue weighted by Gasteiger charge is 2.62. The van der Waals surface area contributed by atoms with Gasteiger partial charge in [-0.05, 0) is 36.8 Å². The Morgan fingerprint density at radius 3 is 2.03 bits per heavy atom. The Morgan fingerprint density at radius 1 is 0.943 bits per heavy atom. The lowest BCUT2D eigenvalue weighted by Gasteiger charge is -2.43. The van der Waals surface area contributed by atoms with Crippen LogP contribution in [0.15, 0.2) is 60.7 Å². The summed E-state index contributed by atoms with van der Waals surface area (Å²) in [5, 5.41) is 8.83. The van der Waals surface area contributed by atoms with Gasteiger partial charge in [0.2, 0.25) is 11.8 Å². The molecule has 0 unspecified atom stereocenters. The summed E-state index contributed by atoms with van der Waals surface area (Å²) in [5.74, 6) is -2.02. The number of nitrogens with two attached hydrogens (primary N) is 1. The number of carbonyl (C=O) groups excluding carboxylic acids is 2. The van der Waals surface area contributed by atoms with Crippen molar-refractivity contribution >= 4 is 24.9 Å². The summed E-state index contributed by atoms with van der Waals surface area (Å²) in [6, 6.07) is 17.6. The Morgan fingerprint density at radius 2 is 1.51 bits per heavy atom. The Kier molecular flexibility index (Phi) is 7.43. The number of rotatable bonds is 8. The first-order valence-electron chi connectivity index (χ1n) is 12.0. The summed E-state index contributed by atoms with van der Waals surface area (Å²) in [6.45, 7) is 0.389. The van der Waals surface area contributed by atoms with Crippen molar-refractivity contribution in [2.45, 2.75) is 49.3 Å². The van der Waals surface area contributed by atoms with E-state index >= 15 is 4.57 Å². The van der Waals surface area contributed by atoms with Gasteiger partial charge in [0.1, 0.15) is 13.2 Å². The van der Waals surface area contributed by atoms with Crippen LogP contribution >= 0.6 is 7.14 Å². The molecule has 0 radical (unpaired) electrons. The van der Waals surface area contributed by atoms with Crippen LogP contribution in [0.1, 0.15) is 36.8 Å². The highest BCUT2D eigenvalue weighted by Crippen LogP contribution is 2.67. The van der Waals surface area contributed by atoms with Crippen molar-refractivity contribution in [2.75, 3.05) is 19.6 Å². The average molecular weight is 498 g/mol. The number of carboxylic acids is 1. The van der Waals surface area contributed by atoms with E-state index < -0.39 is 30.3 Å². The second-order valence-electron chi connectivity index (χ2n) is 9.34. The monoisotopic (exact) mass is 497 g/mol. The molecule has 0 aromatic heterocycles. The third kappa shape index (κ3) is 4.65.